The third kappa shape index (κ3) is 2.24. The molecule has 0 atom stereocenters. The molecule has 0 heterocycles. The van der Waals surface area contributed by atoms with Crippen LogP contribution in [0.3, 0.4) is 0 Å². The molecule has 1 heteroatoms. The Kier molecular flexibility index (Phi) is 3.90. The second-order valence-corrected chi connectivity index (χ2v) is 18.2. The van der Waals surface area contributed by atoms with Crippen LogP contribution >= 0.6 is 0 Å². The molecular weight excluding hydrogens is 265 g/mol. The van der Waals surface area contributed by atoms with Gasteiger partial charge in [0.25, 0.3) is 0 Å². The first-order valence-corrected chi connectivity index (χ1v) is 14.0. The molecule has 3 rings (SSSR count). The fourth-order valence-electron chi connectivity index (χ4n) is 5.64. The van der Waals surface area contributed by atoms with Gasteiger partial charge in [-0.15, -0.1) is 0 Å². The Balaban J connectivity index is 1.81. The maximum absolute atomic E-state index is 2.90. The van der Waals surface area contributed by atoms with E-state index in [1.54, 1.807) is 77.0 Å². The van der Waals surface area contributed by atoms with E-state index in [2.05, 4.69) is 5.76 Å². The van der Waals surface area contributed by atoms with E-state index >= 15 is 0 Å². The Hall–Kier alpha value is 0.543. The average molecular weight is 295 g/mol. The summed E-state index contributed by atoms with van der Waals surface area (Å²) in [5.41, 5.74) is 0. The summed E-state index contributed by atoms with van der Waals surface area (Å²) >= 11 is -1.54. The van der Waals surface area contributed by atoms with Gasteiger partial charge < -0.3 is 0 Å². The van der Waals surface area contributed by atoms with Crippen LogP contribution in [0.1, 0.15) is 77.0 Å². The van der Waals surface area contributed by atoms with Crippen molar-refractivity contribution in [2.75, 3.05) is 0 Å². The van der Waals surface area contributed by atoms with E-state index in [1.807, 2.05) is 0 Å². The quantitative estimate of drug-likeness (QED) is 0.569. The van der Waals surface area contributed by atoms with E-state index in [-0.39, 0.29) is 0 Å². The van der Waals surface area contributed by atoms with Crippen LogP contribution < -0.4 is 0 Å². The molecule has 0 aromatic heterocycles. The fourth-order valence-corrected chi connectivity index (χ4v) is 20.2. The van der Waals surface area contributed by atoms with Gasteiger partial charge in [0.15, 0.2) is 0 Å². The van der Waals surface area contributed by atoms with E-state index in [1.165, 1.54) is 14.3 Å². The zero-order valence-electron chi connectivity index (χ0n) is 11.7. The molecule has 0 aliphatic heterocycles. The van der Waals surface area contributed by atoms with Crippen molar-refractivity contribution in [1.82, 2.24) is 0 Å². The van der Waals surface area contributed by atoms with Gasteiger partial charge >= 0.3 is 110 Å². The molecular formula is C16H30Ge. The van der Waals surface area contributed by atoms with E-state index in [9.17, 15) is 0 Å². The van der Waals surface area contributed by atoms with Crippen LogP contribution in [-0.4, -0.2) is 13.3 Å². The topological polar surface area (TPSA) is 0 Å². The second kappa shape index (κ2) is 5.27. The number of hydrogen-bond donors (Lipinski definition) is 0. The summed E-state index contributed by atoms with van der Waals surface area (Å²) in [6.45, 7) is 0. The second-order valence-electron chi connectivity index (χ2n) is 7.31. The Bertz CT molecular complexity index is 201. The molecule has 3 aliphatic rings. The van der Waals surface area contributed by atoms with Gasteiger partial charge in [-0.25, -0.2) is 0 Å². The predicted octanol–water partition coefficient (Wildman–Crippen LogP) is 5.90. The minimum absolute atomic E-state index is 1.28. The van der Waals surface area contributed by atoms with E-state index in [0.29, 0.717) is 0 Å². The summed E-state index contributed by atoms with van der Waals surface area (Å²) in [6, 6.07) is 0. The van der Waals surface area contributed by atoms with Crippen LogP contribution in [0.2, 0.25) is 20.0 Å². The molecule has 98 valence electrons. The van der Waals surface area contributed by atoms with Crippen LogP contribution in [0.5, 0.6) is 0 Å². The van der Waals surface area contributed by atoms with E-state index in [0.717, 1.165) is 0 Å². The van der Waals surface area contributed by atoms with Crippen molar-refractivity contribution in [2.24, 2.45) is 0 Å². The van der Waals surface area contributed by atoms with Crippen LogP contribution in [0.4, 0.5) is 0 Å². The average Bonchev–Trinajstić information content (AvgIpc) is 3.10. The zero-order valence-corrected chi connectivity index (χ0v) is 13.8. The van der Waals surface area contributed by atoms with E-state index < -0.39 is 13.3 Å². The predicted molar refractivity (Wildman–Crippen MR) is 78.3 cm³/mol. The van der Waals surface area contributed by atoms with Crippen molar-refractivity contribution in [3.8, 4) is 0 Å². The molecule has 17 heavy (non-hydrogen) atoms. The van der Waals surface area contributed by atoms with Crippen molar-refractivity contribution in [2.45, 2.75) is 97.1 Å². The first kappa shape index (κ1) is 12.6. The van der Waals surface area contributed by atoms with Crippen molar-refractivity contribution in [3.63, 3.8) is 0 Å². The van der Waals surface area contributed by atoms with Gasteiger partial charge in [-0.1, -0.05) is 0 Å². The summed E-state index contributed by atoms with van der Waals surface area (Å²) < 4.78 is 3.84. The van der Waals surface area contributed by atoms with Crippen molar-refractivity contribution >= 4 is 13.3 Å². The standard InChI is InChI=1S/C16H30Ge/c1-17(14-8-2-3-9-14,15-10-4-5-11-15)16-12-6-7-13-16/h14-16H,2-13H2,1H3. The van der Waals surface area contributed by atoms with E-state index in [4.69, 9.17) is 0 Å². The molecule has 0 N–H and O–H groups in total. The molecule has 3 aliphatic carbocycles. The summed E-state index contributed by atoms with van der Waals surface area (Å²) in [5, 5.41) is 0. The molecule has 0 bridgehead atoms. The molecule has 0 radical (unpaired) electrons. The van der Waals surface area contributed by atoms with Crippen LogP contribution in [0.25, 0.3) is 0 Å². The molecule has 0 unspecified atom stereocenters. The Labute approximate surface area is 110 Å². The van der Waals surface area contributed by atoms with Gasteiger partial charge in [-0.2, -0.15) is 0 Å². The van der Waals surface area contributed by atoms with Gasteiger partial charge in [-0.05, 0) is 0 Å². The van der Waals surface area contributed by atoms with Crippen LogP contribution in [0, 0.1) is 0 Å². The summed E-state index contributed by atoms with van der Waals surface area (Å²) in [5.74, 6) is 2.90. The van der Waals surface area contributed by atoms with Gasteiger partial charge in [-0.3, -0.25) is 0 Å². The Morgan fingerprint density at radius 3 is 1.00 bits per heavy atom. The molecule has 0 spiro atoms. The summed E-state index contributed by atoms with van der Waals surface area (Å²) in [7, 11) is 0. The molecule has 0 aromatic rings. The molecule has 0 saturated heterocycles. The number of rotatable bonds is 3. The van der Waals surface area contributed by atoms with Gasteiger partial charge in [0.2, 0.25) is 0 Å². The molecule has 0 aromatic carbocycles. The first-order chi connectivity index (χ1) is 8.32. The normalized spacial score (nSPS) is 29.5. The summed E-state index contributed by atoms with van der Waals surface area (Å²) in [6.07, 6.45) is 19.3. The molecule has 3 saturated carbocycles. The van der Waals surface area contributed by atoms with Crippen molar-refractivity contribution in [1.29, 1.82) is 0 Å². The molecule has 0 nitrogen and oxygen atoms in total. The minimum atomic E-state index is -1.54. The molecule has 3 fully saturated rings. The summed E-state index contributed by atoms with van der Waals surface area (Å²) in [4.78, 5) is 0. The Morgan fingerprint density at radius 2 is 0.765 bits per heavy atom. The third-order valence-electron chi connectivity index (χ3n) is 6.70. The third-order valence-corrected chi connectivity index (χ3v) is 21.4. The first-order valence-electron chi connectivity index (χ1n) is 8.32. The van der Waals surface area contributed by atoms with Gasteiger partial charge in [0.1, 0.15) is 0 Å². The van der Waals surface area contributed by atoms with Crippen LogP contribution in [-0.2, 0) is 0 Å². The SMILES string of the molecule is [CH3][Ge]([CH]1CCCC1)([CH]1CCCC1)[CH]1CCCC1. The van der Waals surface area contributed by atoms with Gasteiger partial charge in [0, 0.05) is 0 Å². The zero-order chi connectivity index (χ0) is 11.7. The van der Waals surface area contributed by atoms with Crippen molar-refractivity contribution in [3.05, 3.63) is 0 Å². The number of hydrogen-bond acceptors (Lipinski definition) is 0. The maximum atomic E-state index is 2.90. The van der Waals surface area contributed by atoms with Crippen molar-refractivity contribution < 1.29 is 0 Å². The fraction of sp³-hybridized carbons (Fsp3) is 1.00. The molecule has 0 amide bonds. The Morgan fingerprint density at radius 1 is 0.529 bits per heavy atom. The van der Waals surface area contributed by atoms with Crippen LogP contribution in [0.15, 0.2) is 0 Å². The monoisotopic (exact) mass is 296 g/mol. The van der Waals surface area contributed by atoms with Gasteiger partial charge in [0.05, 0.1) is 0 Å².